The van der Waals surface area contributed by atoms with Gasteiger partial charge in [0.1, 0.15) is 36.8 Å². The fraction of sp³-hybridized carbons (Fsp3) is 0.686. The number of allylic oxidation sites excluding steroid dienone is 14. The molecule has 1 rings (SSSR count). The van der Waals surface area contributed by atoms with Gasteiger partial charge in [-0.2, -0.15) is 8.42 Å². The summed E-state index contributed by atoms with van der Waals surface area (Å²) in [6, 6.07) is 0. The Bertz CT molecular complexity index is 1500. The fourth-order valence-electron chi connectivity index (χ4n) is 6.84. The topological polar surface area (TPSA) is 186 Å². The Morgan fingerprint density at radius 1 is 0.547 bits per heavy atom. The van der Waals surface area contributed by atoms with Crippen LogP contribution >= 0.6 is 0 Å². The standard InChI is InChI=1S/C51H84O12S/c1-3-5-7-9-11-13-15-17-18-19-20-21-22-23-24-25-26-28-29-31-33-35-37-39-46(52)60-41-44(42-61-51-50(56)49(55)48(54)45(63-51)43-64(57,58)59)62-47(53)40-38-36-34-32-30-27-16-14-12-10-8-6-4-2/h5-8,10-14,16-18,20-21,44-45,48-51,54-56H,3-4,9,15,19,22-43H2,1-2H3,(H,57,58,59)/b7-5+,8-6+,12-10+,13-11+,16-14+,18-17+,21-20+/t44?,45-,48-,49?,50?,51+/m1/s1. The molecule has 64 heavy (non-hydrogen) atoms. The molecular formula is C51H84O12S. The van der Waals surface area contributed by atoms with Crippen molar-refractivity contribution in [2.24, 2.45) is 0 Å². The predicted molar refractivity (Wildman–Crippen MR) is 256 cm³/mol. The third-order valence-corrected chi connectivity index (χ3v) is 11.3. The lowest BCUT2D eigenvalue weighted by Crippen LogP contribution is -2.60. The first-order chi connectivity index (χ1) is 31.0. The minimum absolute atomic E-state index is 0.136. The van der Waals surface area contributed by atoms with Crippen LogP contribution in [0.1, 0.15) is 168 Å². The van der Waals surface area contributed by atoms with Gasteiger partial charge < -0.3 is 34.3 Å². The van der Waals surface area contributed by atoms with Crippen LogP contribution in [0.3, 0.4) is 0 Å². The molecule has 0 radical (unpaired) electrons. The van der Waals surface area contributed by atoms with Crippen LogP contribution in [0.15, 0.2) is 85.1 Å². The number of rotatable bonds is 39. The first-order valence-electron chi connectivity index (χ1n) is 24.2. The van der Waals surface area contributed by atoms with Crippen LogP contribution < -0.4 is 0 Å². The van der Waals surface area contributed by atoms with Crippen molar-refractivity contribution in [2.75, 3.05) is 19.0 Å². The Balaban J connectivity index is 2.37. The van der Waals surface area contributed by atoms with Crippen LogP contribution in [0.5, 0.6) is 0 Å². The minimum atomic E-state index is -4.61. The van der Waals surface area contributed by atoms with Crippen molar-refractivity contribution in [1.82, 2.24) is 0 Å². The van der Waals surface area contributed by atoms with Crippen LogP contribution in [0.4, 0.5) is 0 Å². The summed E-state index contributed by atoms with van der Waals surface area (Å²) in [5.74, 6) is -2.03. The molecular weight excluding hydrogens is 837 g/mol. The second kappa shape index (κ2) is 40.1. The Kier molecular flexibility index (Phi) is 36.9. The highest BCUT2D eigenvalue weighted by atomic mass is 32.2. The van der Waals surface area contributed by atoms with Crippen molar-refractivity contribution in [3.8, 4) is 0 Å². The number of carbonyl (C=O) groups is 2. The number of hydrogen-bond acceptors (Lipinski definition) is 11. The second-order valence-corrected chi connectivity index (χ2v) is 17.9. The van der Waals surface area contributed by atoms with Crippen molar-refractivity contribution in [3.63, 3.8) is 0 Å². The summed E-state index contributed by atoms with van der Waals surface area (Å²) in [7, 11) is -4.61. The van der Waals surface area contributed by atoms with E-state index in [9.17, 15) is 37.9 Å². The van der Waals surface area contributed by atoms with E-state index < -0.39 is 71.2 Å². The molecule has 1 aliphatic rings. The summed E-state index contributed by atoms with van der Waals surface area (Å²) in [5.41, 5.74) is 0. The molecule has 0 amide bonds. The number of ether oxygens (including phenoxy) is 4. The van der Waals surface area contributed by atoms with Crippen molar-refractivity contribution in [2.45, 2.75) is 205 Å². The molecule has 1 fully saturated rings. The average molecular weight is 921 g/mol. The van der Waals surface area contributed by atoms with Gasteiger partial charge in [-0.05, 0) is 70.6 Å². The average Bonchev–Trinajstić information content (AvgIpc) is 3.26. The zero-order valence-corrected chi connectivity index (χ0v) is 39.9. The Labute approximate surface area is 386 Å². The molecule has 3 unspecified atom stereocenters. The molecule has 366 valence electrons. The van der Waals surface area contributed by atoms with E-state index in [1.807, 2.05) is 24.3 Å². The van der Waals surface area contributed by atoms with Crippen LogP contribution in [-0.4, -0.2) is 96.0 Å². The van der Waals surface area contributed by atoms with Gasteiger partial charge in [-0.15, -0.1) is 0 Å². The number of aliphatic hydroxyl groups is 3. The molecule has 4 N–H and O–H groups in total. The largest absolute Gasteiger partial charge is 0.462 e. The molecule has 12 nitrogen and oxygen atoms in total. The summed E-state index contributed by atoms with van der Waals surface area (Å²) in [4.78, 5) is 25.5. The smallest absolute Gasteiger partial charge is 0.306 e. The highest BCUT2D eigenvalue weighted by Crippen LogP contribution is 2.24. The number of hydrogen-bond donors (Lipinski definition) is 4. The number of esters is 2. The van der Waals surface area contributed by atoms with Crippen LogP contribution in [0.2, 0.25) is 0 Å². The summed E-state index contributed by atoms with van der Waals surface area (Å²) in [5, 5.41) is 30.9. The first kappa shape index (κ1) is 58.8. The first-order valence-corrected chi connectivity index (χ1v) is 25.8. The third-order valence-electron chi connectivity index (χ3n) is 10.5. The highest BCUT2D eigenvalue weighted by Gasteiger charge is 2.46. The third kappa shape index (κ3) is 34.2. The van der Waals surface area contributed by atoms with Gasteiger partial charge in [-0.1, -0.05) is 170 Å². The molecule has 0 spiro atoms. The van der Waals surface area contributed by atoms with Gasteiger partial charge in [0.2, 0.25) is 0 Å². The van der Waals surface area contributed by atoms with E-state index in [-0.39, 0.29) is 19.4 Å². The van der Waals surface area contributed by atoms with Crippen molar-refractivity contribution in [3.05, 3.63) is 85.1 Å². The van der Waals surface area contributed by atoms with Crippen molar-refractivity contribution in [1.29, 1.82) is 0 Å². The molecule has 0 aromatic carbocycles. The van der Waals surface area contributed by atoms with Gasteiger partial charge in [-0.25, -0.2) is 0 Å². The zero-order valence-electron chi connectivity index (χ0n) is 39.1. The lowest BCUT2D eigenvalue weighted by atomic mass is 10.00. The van der Waals surface area contributed by atoms with Crippen LogP contribution in [0.25, 0.3) is 0 Å². The minimum Gasteiger partial charge on any atom is -0.462 e. The van der Waals surface area contributed by atoms with Gasteiger partial charge in [0.15, 0.2) is 12.4 Å². The van der Waals surface area contributed by atoms with Crippen molar-refractivity contribution < 1.29 is 56.8 Å². The van der Waals surface area contributed by atoms with E-state index >= 15 is 0 Å². The van der Waals surface area contributed by atoms with E-state index in [4.69, 9.17) is 18.9 Å². The predicted octanol–water partition coefficient (Wildman–Crippen LogP) is 10.4. The lowest BCUT2D eigenvalue weighted by molar-refractivity contribution is -0.297. The van der Waals surface area contributed by atoms with E-state index in [1.54, 1.807) is 0 Å². The van der Waals surface area contributed by atoms with Gasteiger partial charge in [0, 0.05) is 12.8 Å². The molecule has 13 heteroatoms. The van der Waals surface area contributed by atoms with Gasteiger partial charge in [-0.3, -0.25) is 14.1 Å². The molecule has 0 bridgehead atoms. The Morgan fingerprint density at radius 2 is 1.02 bits per heavy atom. The molecule has 0 saturated carbocycles. The molecule has 1 heterocycles. The van der Waals surface area contributed by atoms with Crippen LogP contribution in [-0.2, 0) is 38.7 Å². The molecule has 0 aromatic heterocycles. The number of unbranched alkanes of at least 4 members (excludes halogenated alkanes) is 15. The number of aliphatic hydroxyl groups excluding tert-OH is 3. The quantitative estimate of drug-likeness (QED) is 0.0151. The molecule has 0 aromatic rings. The Hall–Kier alpha value is -3.17. The molecule has 0 aliphatic carbocycles. The van der Waals surface area contributed by atoms with E-state index in [1.165, 1.54) is 38.5 Å². The van der Waals surface area contributed by atoms with Crippen LogP contribution in [0, 0.1) is 0 Å². The fourth-order valence-corrected chi connectivity index (χ4v) is 7.53. The molecule has 1 saturated heterocycles. The SMILES string of the molecule is CC/C=C/C=C/C=C/CCCCCCCC(=O)OC(COC(=O)CCCCCCCCCCCC/C=C/C/C=C/C/C=C/C/C=C/CC)CO[C@H]1O[C@H](CS(=O)(=O)O)[C@@H](O)C(O)C1O. The van der Waals surface area contributed by atoms with E-state index in [0.29, 0.717) is 12.8 Å². The zero-order chi connectivity index (χ0) is 46.9. The maximum atomic E-state index is 12.8. The second-order valence-electron chi connectivity index (χ2n) is 16.4. The van der Waals surface area contributed by atoms with Gasteiger partial charge in [0.25, 0.3) is 10.1 Å². The molecule has 6 atom stereocenters. The summed E-state index contributed by atoms with van der Waals surface area (Å²) < 4.78 is 54.1. The van der Waals surface area contributed by atoms with Gasteiger partial charge >= 0.3 is 11.9 Å². The summed E-state index contributed by atoms with van der Waals surface area (Å²) in [6.45, 7) is 3.49. The molecule has 1 aliphatic heterocycles. The van der Waals surface area contributed by atoms with Gasteiger partial charge in [0.05, 0.1) is 6.61 Å². The number of carbonyl (C=O) groups excluding carboxylic acids is 2. The monoisotopic (exact) mass is 921 g/mol. The maximum Gasteiger partial charge on any atom is 0.306 e. The summed E-state index contributed by atoms with van der Waals surface area (Å²) in [6.07, 6.45) is 43.4. The van der Waals surface area contributed by atoms with E-state index in [0.717, 1.165) is 89.9 Å². The van der Waals surface area contributed by atoms with E-state index in [2.05, 4.69) is 74.6 Å². The normalized spacial score (nSPS) is 20.4. The van der Waals surface area contributed by atoms with Crippen molar-refractivity contribution >= 4 is 22.1 Å². The maximum absolute atomic E-state index is 12.8. The summed E-state index contributed by atoms with van der Waals surface area (Å²) >= 11 is 0. The Morgan fingerprint density at radius 3 is 1.56 bits per heavy atom. The highest BCUT2D eigenvalue weighted by molar-refractivity contribution is 7.85. The lowest BCUT2D eigenvalue weighted by Gasteiger charge is -2.40.